The topological polar surface area (TPSA) is 61.5 Å². The van der Waals surface area contributed by atoms with E-state index in [0.29, 0.717) is 11.3 Å². The third-order valence-electron chi connectivity index (χ3n) is 3.17. The van der Waals surface area contributed by atoms with Gasteiger partial charge in [0.05, 0.1) is 0 Å². The molecule has 0 atom stereocenters. The van der Waals surface area contributed by atoms with Gasteiger partial charge in [0, 0.05) is 28.9 Å². The number of rotatable bonds is 3. The maximum absolute atomic E-state index is 12.3. The average Bonchev–Trinajstić information content (AvgIpc) is 3.06. The van der Waals surface area contributed by atoms with Gasteiger partial charge in [0.15, 0.2) is 0 Å². The van der Waals surface area contributed by atoms with Crippen molar-refractivity contribution in [3.8, 4) is 0 Å². The van der Waals surface area contributed by atoms with E-state index in [-0.39, 0.29) is 5.78 Å². The Kier molecular flexibility index (Phi) is 2.48. The maximum Gasteiger partial charge on any atom is 0.212 e. The van der Waals surface area contributed by atoms with Gasteiger partial charge in [0.1, 0.15) is 5.69 Å². The first-order valence-electron chi connectivity index (χ1n) is 5.94. The number of hydrogen-bond acceptors (Lipinski definition) is 2. The van der Waals surface area contributed by atoms with E-state index in [1.54, 1.807) is 18.5 Å². The Morgan fingerprint density at radius 1 is 1.33 bits per heavy atom. The molecule has 0 aliphatic rings. The zero-order chi connectivity index (χ0) is 12.5. The fourth-order valence-corrected chi connectivity index (χ4v) is 2.23. The minimum Gasteiger partial charge on any atom is -0.360 e. The first kappa shape index (κ1) is 10.8. The van der Waals surface area contributed by atoms with Gasteiger partial charge in [-0.15, -0.1) is 0 Å². The van der Waals surface area contributed by atoms with Gasteiger partial charge < -0.3 is 4.98 Å². The van der Waals surface area contributed by atoms with E-state index in [9.17, 15) is 4.79 Å². The second-order valence-corrected chi connectivity index (χ2v) is 4.20. The summed E-state index contributed by atoms with van der Waals surface area (Å²) < 4.78 is 0. The zero-order valence-corrected chi connectivity index (χ0v) is 10.0. The van der Waals surface area contributed by atoms with Crippen molar-refractivity contribution in [1.29, 1.82) is 0 Å². The quantitative estimate of drug-likeness (QED) is 0.690. The SMILES string of the molecule is CCc1cccc2c(C(=O)c3ccn[nH]3)c[nH]c12. The number of para-hydroxylation sites is 1. The smallest absolute Gasteiger partial charge is 0.212 e. The van der Waals surface area contributed by atoms with E-state index in [1.807, 2.05) is 12.1 Å². The number of hydrogen-bond donors (Lipinski definition) is 2. The highest BCUT2D eigenvalue weighted by Gasteiger charge is 2.15. The number of fused-ring (bicyclic) bond motifs is 1. The van der Waals surface area contributed by atoms with E-state index in [1.165, 1.54) is 5.56 Å². The molecule has 2 N–H and O–H groups in total. The van der Waals surface area contributed by atoms with Crippen LogP contribution in [-0.2, 0) is 6.42 Å². The predicted molar refractivity (Wildman–Crippen MR) is 69.7 cm³/mol. The van der Waals surface area contributed by atoms with Crippen molar-refractivity contribution in [2.75, 3.05) is 0 Å². The first-order chi connectivity index (χ1) is 8.81. The molecule has 0 aliphatic carbocycles. The highest BCUT2D eigenvalue weighted by Crippen LogP contribution is 2.23. The van der Waals surface area contributed by atoms with Crippen LogP contribution in [-0.4, -0.2) is 21.0 Å². The summed E-state index contributed by atoms with van der Waals surface area (Å²) in [6, 6.07) is 7.71. The fraction of sp³-hybridized carbons (Fsp3) is 0.143. The van der Waals surface area contributed by atoms with Gasteiger partial charge in [-0.1, -0.05) is 25.1 Å². The second kappa shape index (κ2) is 4.14. The van der Waals surface area contributed by atoms with E-state index in [0.717, 1.165) is 17.3 Å². The van der Waals surface area contributed by atoms with Gasteiger partial charge in [0.25, 0.3) is 0 Å². The molecule has 0 spiro atoms. The van der Waals surface area contributed by atoms with Crippen LogP contribution in [0.5, 0.6) is 0 Å². The van der Waals surface area contributed by atoms with Crippen molar-refractivity contribution in [3.05, 3.63) is 53.5 Å². The number of benzene rings is 1. The lowest BCUT2D eigenvalue weighted by Crippen LogP contribution is -2.00. The van der Waals surface area contributed by atoms with Crippen LogP contribution in [0.15, 0.2) is 36.7 Å². The van der Waals surface area contributed by atoms with Crippen LogP contribution in [0.25, 0.3) is 10.9 Å². The summed E-state index contributed by atoms with van der Waals surface area (Å²) in [6.45, 7) is 2.10. The molecule has 4 heteroatoms. The highest BCUT2D eigenvalue weighted by atomic mass is 16.1. The molecule has 0 aliphatic heterocycles. The summed E-state index contributed by atoms with van der Waals surface area (Å²) in [5.41, 5.74) is 3.46. The van der Waals surface area contributed by atoms with Crippen molar-refractivity contribution in [2.45, 2.75) is 13.3 Å². The number of nitrogens with zero attached hydrogens (tertiary/aromatic N) is 1. The minimum absolute atomic E-state index is 0.0352. The van der Waals surface area contributed by atoms with Gasteiger partial charge >= 0.3 is 0 Å². The summed E-state index contributed by atoms with van der Waals surface area (Å²) >= 11 is 0. The number of aromatic amines is 2. The molecule has 0 amide bonds. The second-order valence-electron chi connectivity index (χ2n) is 4.20. The van der Waals surface area contributed by atoms with Crippen molar-refractivity contribution < 1.29 is 4.79 Å². The Morgan fingerprint density at radius 2 is 2.22 bits per heavy atom. The lowest BCUT2D eigenvalue weighted by atomic mass is 10.0. The van der Waals surface area contributed by atoms with Crippen molar-refractivity contribution in [1.82, 2.24) is 15.2 Å². The number of H-pyrrole nitrogens is 2. The van der Waals surface area contributed by atoms with Crippen LogP contribution >= 0.6 is 0 Å². The van der Waals surface area contributed by atoms with Crippen molar-refractivity contribution in [2.24, 2.45) is 0 Å². The number of nitrogens with one attached hydrogen (secondary N) is 2. The molecule has 0 radical (unpaired) electrons. The number of aryl methyl sites for hydroxylation is 1. The standard InChI is InChI=1S/C14H13N3O/c1-2-9-4-3-5-10-11(8-15-13(9)10)14(18)12-6-7-16-17-12/h3-8,15H,2H2,1H3,(H,16,17). The third-order valence-corrected chi connectivity index (χ3v) is 3.17. The summed E-state index contributed by atoms with van der Waals surface area (Å²) in [4.78, 5) is 15.5. The first-order valence-corrected chi connectivity index (χ1v) is 5.94. The molecule has 0 bridgehead atoms. The Hall–Kier alpha value is -2.36. The molecule has 0 saturated carbocycles. The maximum atomic E-state index is 12.3. The van der Waals surface area contributed by atoms with Crippen LogP contribution in [0.2, 0.25) is 0 Å². The van der Waals surface area contributed by atoms with Gasteiger partial charge in [-0.2, -0.15) is 5.10 Å². The molecule has 2 heterocycles. The molecule has 3 rings (SSSR count). The molecule has 0 fully saturated rings. The monoisotopic (exact) mass is 239 g/mol. The average molecular weight is 239 g/mol. The Labute approximate surface area is 104 Å². The predicted octanol–water partition coefficient (Wildman–Crippen LogP) is 2.68. The molecule has 0 saturated heterocycles. The molecule has 4 nitrogen and oxygen atoms in total. The highest BCUT2D eigenvalue weighted by molar-refractivity contribution is 6.15. The molecular weight excluding hydrogens is 226 g/mol. The van der Waals surface area contributed by atoms with Crippen LogP contribution in [0.4, 0.5) is 0 Å². The van der Waals surface area contributed by atoms with E-state index in [4.69, 9.17) is 0 Å². The van der Waals surface area contributed by atoms with Crippen LogP contribution < -0.4 is 0 Å². The molecule has 18 heavy (non-hydrogen) atoms. The summed E-state index contributed by atoms with van der Waals surface area (Å²) in [6.07, 6.45) is 4.29. The molecule has 0 unspecified atom stereocenters. The van der Waals surface area contributed by atoms with E-state index in [2.05, 4.69) is 28.2 Å². The molecule has 1 aromatic carbocycles. The molecule has 2 aromatic heterocycles. The molecular formula is C14H13N3O. The normalized spacial score (nSPS) is 10.9. The number of aromatic nitrogens is 3. The lowest BCUT2D eigenvalue weighted by molar-refractivity contribution is 0.103. The number of ketones is 1. The zero-order valence-electron chi connectivity index (χ0n) is 10.0. The van der Waals surface area contributed by atoms with Crippen molar-refractivity contribution >= 4 is 16.7 Å². The lowest BCUT2D eigenvalue weighted by Gasteiger charge is -2.00. The van der Waals surface area contributed by atoms with Crippen LogP contribution in [0, 0.1) is 0 Å². The number of carbonyl (C=O) groups is 1. The third kappa shape index (κ3) is 1.54. The van der Waals surface area contributed by atoms with Gasteiger partial charge in [-0.05, 0) is 18.1 Å². The Bertz CT molecular complexity index is 695. The Balaban J connectivity index is 2.17. The fourth-order valence-electron chi connectivity index (χ4n) is 2.23. The summed E-state index contributed by atoms with van der Waals surface area (Å²) in [7, 11) is 0. The van der Waals surface area contributed by atoms with Crippen molar-refractivity contribution in [3.63, 3.8) is 0 Å². The largest absolute Gasteiger partial charge is 0.360 e. The number of carbonyl (C=O) groups excluding carboxylic acids is 1. The minimum atomic E-state index is -0.0352. The molecule has 3 aromatic rings. The summed E-state index contributed by atoms with van der Waals surface area (Å²) in [5.74, 6) is -0.0352. The van der Waals surface area contributed by atoms with Gasteiger partial charge in [0.2, 0.25) is 5.78 Å². The van der Waals surface area contributed by atoms with E-state index >= 15 is 0 Å². The van der Waals surface area contributed by atoms with Crippen LogP contribution in [0.1, 0.15) is 28.5 Å². The van der Waals surface area contributed by atoms with Crippen LogP contribution in [0.3, 0.4) is 0 Å². The van der Waals surface area contributed by atoms with Gasteiger partial charge in [-0.25, -0.2) is 0 Å². The van der Waals surface area contributed by atoms with Gasteiger partial charge in [-0.3, -0.25) is 9.89 Å². The Morgan fingerprint density at radius 3 is 2.94 bits per heavy atom. The molecule has 90 valence electrons. The summed E-state index contributed by atoms with van der Waals surface area (Å²) in [5, 5.41) is 7.48. The van der Waals surface area contributed by atoms with E-state index < -0.39 is 0 Å².